The first kappa shape index (κ1) is 12.8. The molecule has 1 heterocycles. The van der Waals surface area contributed by atoms with Crippen molar-refractivity contribution in [2.75, 3.05) is 12.1 Å². The topological polar surface area (TPSA) is 77.6 Å². The summed E-state index contributed by atoms with van der Waals surface area (Å²) in [5, 5.41) is 3.95. The number of nitrogens with two attached hydrogens (primary N) is 1. The molecule has 0 bridgehead atoms. The average molecular weight is 260 g/mol. The van der Waals surface area contributed by atoms with Crippen LogP contribution in [0.25, 0.3) is 0 Å². The lowest BCUT2D eigenvalue weighted by molar-refractivity contribution is 0.0510. The van der Waals surface area contributed by atoms with Crippen LogP contribution in [0.5, 0.6) is 0 Å². The van der Waals surface area contributed by atoms with Crippen molar-refractivity contribution in [2.45, 2.75) is 5.03 Å². The highest BCUT2D eigenvalue weighted by molar-refractivity contribution is 7.98. The number of carbonyl (C=O) groups excluding carboxylic acids is 1. The summed E-state index contributed by atoms with van der Waals surface area (Å²) in [5.41, 5.74) is 5.64. The molecular formula is C9H10ClN3O2S. The molecule has 0 amide bonds. The Morgan fingerprint density at radius 1 is 1.75 bits per heavy atom. The third kappa shape index (κ3) is 3.39. The minimum atomic E-state index is -0.606. The minimum Gasteiger partial charge on any atom is -0.383 e. The van der Waals surface area contributed by atoms with Crippen LogP contribution in [0.3, 0.4) is 0 Å². The molecule has 0 aliphatic heterocycles. The number of thioether (sulfide) groups is 1. The summed E-state index contributed by atoms with van der Waals surface area (Å²) in [6.45, 7) is 0. The number of oxime groups is 1. The summed E-state index contributed by atoms with van der Waals surface area (Å²) < 4.78 is 0. The van der Waals surface area contributed by atoms with E-state index in [4.69, 9.17) is 17.3 Å². The Kier molecular flexibility index (Phi) is 5.07. The molecule has 7 heteroatoms. The Balaban J connectivity index is 2.80. The van der Waals surface area contributed by atoms with Crippen LogP contribution in [0.2, 0.25) is 0 Å². The van der Waals surface area contributed by atoms with Crippen LogP contribution in [0, 0.1) is 0 Å². The van der Waals surface area contributed by atoms with Gasteiger partial charge < -0.3 is 10.6 Å². The second kappa shape index (κ2) is 6.34. The van der Waals surface area contributed by atoms with Crippen LogP contribution in [-0.2, 0) is 4.84 Å². The number of carbonyl (C=O) groups is 1. The van der Waals surface area contributed by atoms with Gasteiger partial charge in [-0.05, 0) is 18.4 Å². The van der Waals surface area contributed by atoms with Crippen LogP contribution in [0.1, 0.15) is 10.4 Å². The van der Waals surface area contributed by atoms with E-state index in [-0.39, 0.29) is 11.7 Å². The lowest BCUT2D eigenvalue weighted by Crippen LogP contribution is -2.15. The van der Waals surface area contributed by atoms with Crippen molar-refractivity contribution in [3.05, 3.63) is 23.9 Å². The molecule has 0 saturated carbocycles. The van der Waals surface area contributed by atoms with Gasteiger partial charge in [-0.2, -0.15) is 0 Å². The molecule has 0 spiro atoms. The van der Waals surface area contributed by atoms with Crippen molar-refractivity contribution in [1.82, 2.24) is 4.98 Å². The van der Waals surface area contributed by atoms with Crippen LogP contribution < -0.4 is 5.73 Å². The third-order valence-electron chi connectivity index (χ3n) is 1.57. The number of halogens is 1. The first-order chi connectivity index (χ1) is 7.69. The maximum absolute atomic E-state index is 11.6. The third-order valence-corrected chi connectivity index (χ3v) is 2.55. The summed E-state index contributed by atoms with van der Waals surface area (Å²) in [5.74, 6) is -0.550. The van der Waals surface area contributed by atoms with E-state index in [0.29, 0.717) is 10.6 Å². The molecule has 1 rings (SSSR count). The van der Waals surface area contributed by atoms with Gasteiger partial charge in [0.15, 0.2) is 5.84 Å². The van der Waals surface area contributed by atoms with Crippen molar-refractivity contribution in [2.24, 2.45) is 10.9 Å². The van der Waals surface area contributed by atoms with E-state index < -0.39 is 5.97 Å². The Bertz CT molecular complexity index is 411. The maximum Gasteiger partial charge on any atom is 0.368 e. The quantitative estimate of drug-likeness (QED) is 0.221. The van der Waals surface area contributed by atoms with Gasteiger partial charge in [0.1, 0.15) is 5.03 Å². The number of hydrogen-bond donors (Lipinski definition) is 1. The van der Waals surface area contributed by atoms with Gasteiger partial charge in [0.25, 0.3) is 0 Å². The van der Waals surface area contributed by atoms with Gasteiger partial charge in [0.2, 0.25) is 0 Å². The minimum absolute atomic E-state index is 0.00963. The molecule has 0 atom stereocenters. The SMILES string of the molecule is CSc1ncccc1C(=O)ON=C(N)CCl. The molecule has 1 aromatic rings. The highest BCUT2D eigenvalue weighted by Gasteiger charge is 2.13. The fourth-order valence-electron chi connectivity index (χ4n) is 0.882. The molecule has 0 aliphatic carbocycles. The van der Waals surface area contributed by atoms with Gasteiger partial charge in [-0.25, -0.2) is 9.78 Å². The van der Waals surface area contributed by atoms with Crippen molar-refractivity contribution < 1.29 is 9.63 Å². The number of rotatable bonds is 4. The predicted molar refractivity (Wildman–Crippen MR) is 63.8 cm³/mol. The maximum atomic E-state index is 11.6. The van der Waals surface area contributed by atoms with E-state index >= 15 is 0 Å². The number of amidine groups is 1. The highest BCUT2D eigenvalue weighted by atomic mass is 35.5. The Hall–Kier alpha value is -1.27. The monoisotopic (exact) mass is 259 g/mol. The van der Waals surface area contributed by atoms with Crippen LogP contribution in [0.15, 0.2) is 28.5 Å². The molecule has 0 aliphatic rings. The average Bonchev–Trinajstić information content (AvgIpc) is 2.35. The zero-order chi connectivity index (χ0) is 12.0. The molecule has 0 radical (unpaired) electrons. The molecule has 5 nitrogen and oxygen atoms in total. The highest BCUT2D eigenvalue weighted by Crippen LogP contribution is 2.17. The fraction of sp³-hybridized carbons (Fsp3) is 0.222. The largest absolute Gasteiger partial charge is 0.383 e. The second-order valence-corrected chi connectivity index (χ2v) is 3.72. The molecule has 2 N–H and O–H groups in total. The van der Waals surface area contributed by atoms with Crippen molar-refractivity contribution in [3.8, 4) is 0 Å². The molecule has 0 saturated heterocycles. The van der Waals surface area contributed by atoms with E-state index in [1.807, 2.05) is 6.26 Å². The summed E-state index contributed by atoms with van der Waals surface area (Å²) >= 11 is 6.72. The fourth-order valence-corrected chi connectivity index (χ4v) is 1.47. The summed E-state index contributed by atoms with van der Waals surface area (Å²) in [7, 11) is 0. The standard InChI is InChI=1S/C9H10ClN3O2S/c1-16-8-6(3-2-4-12-8)9(14)15-13-7(11)5-10/h2-4H,5H2,1H3,(H2,11,13). The summed E-state index contributed by atoms with van der Waals surface area (Å²) in [4.78, 5) is 20.2. The lowest BCUT2D eigenvalue weighted by atomic mass is 10.3. The zero-order valence-electron chi connectivity index (χ0n) is 8.51. The van der Waals surface area contributed by atoms with Gasteiger partial charge in [0, 0.05) is 6.20 Å². The van der Waals surface area contributed by atoms with E-state index in [0.717, 1.165) is 0 Å². The molecule has 86 valence electrons. The summed E-state index contributed by atoms with van der Waals surface area (Å²) in [6, 6.07) is 3.25. The lowest BCUT2D eigenvalue weighted by Gasteiger charge is -2.02. The van der Waals surface area contributed by atoms with Gasteiger partial charge in [-0.3, -0.25) is 0 Å². The van der Waals surface area contributed by atoms with Crippen LogP contribution in [-0.4, -0.2) is 28.9 Å². The molecule has 0 fully saturated rings. The van der Waals surface area contributed by atoms with E-state index in [9.17, 15) is 4.79 Å². The first-order valence-electron chi connectivity index (χ1n) is 4.27. The van der Waals surface area contributed by atoms with E-state index in [1.54, 1.807) is 18.3 Å². The van der Waals surface area contributed by atoms with Crippen molar-refractivity contribution in [1.29, 1.82) is 0 Å². The number of aromatic nitrogens is 1. The first-order valence-corrected chi connectivity index (χ1v) is 6.03. The van der Waals surface area contributed by atoms with E-state index in [2.05, 4.69) is 15.0 Å². The second-order valence-electron chi connectivity index (χ2n) is 2.66. The Labute approximate surface area is 102 Å². The van der Waals surface area contributed by atoms with Crippen molar-refractivity contribution >= 4 is 35.2 Å². The molecular weight excluding hydrogens is 250 g/mol. The van der Waals surface area contributed by atoms with E-state index in [1.165, 1.54) is 11.8 Å². The van der Waals surface area contributed by atoms with Gasteiger partial charge in [0.05, 0.1) is 11.4 Å². The Morgan fingerprint density at radius 3 is 3.12 bits per heavy atom. The van der Waals surface area contributed by atoms with Gasteiger partial charge in [-0.1, -0.05) is 5.16 Å². The van der Waals surface area contributed by atoms with Crippen LogP contribution >= 0.6 is 23.4 Å². The molecule has 1 aromatic heterocycles. The number of pyridine rings is 1. The molecule has 0 aromatic carbocycles. The Morgan fingerprint density at radius 2 is 2.50 bits per heavy atom. The smallest absolute Gasteiger partial charge is 0.368 e. The van der Waals surface area contributed by atoms with Crippen LogP contribution in [0.4, 0.5) is 0 Å². The predicted octanol–water partition coefficient (Wildman–Crippen LogP) is 1.47. The molecule has 16 heavy (non-hydrogen) atoms. The number of nitrogens with zero attached hydrogens (tertiary/aromatic N) is 2. The van der Waals surface area contributed by atoms with Crippen molar-refractivity contribution in [3.63, 3.8) is 0 Å². The normalized spacial score (nSPS) is 11.2. The van der Waals surface area contributed by atoms with Gasteiger partial charge in [-0.15, -0.1) is 23.4 Å². The summed E-state index contributed by atoms with van der Waals surface area (Å²) in [6.07, 6.45) is 3.41. The zero-order valence-corrected chi connectivity index (χ0v) is 10.1. The molecule has 0 unspecified atom stereocenters. The number of alkyl halides is 1. The van der Waals surface area contributed by atoms with Gasteiger partial charge >= 0.3 is 5.97 Å². The number of hydrogen-bond acceptors (Lipinski definition) is 5.